The van der Waals surface area contributed by atoms with E-state index in [-0.39, 0.29) is 16.4 Å². The summed E-state index contributed by atoms with van der Waals surface area (Å²) in [5.74, 6) is 0.175. The van der Waals surface area contributed by atoms with Crippen molar-refractivity contribution in [3.8, 4) is 5.75 Å². The number of ketones is 1. The van der Waals surface area contributed by atoms with Crippen molar-refractivity contribution in [2.75, 3.05) is 14.1 Å². The summed E-state index contributed by atoms with van der Waals surface area (Å²) in [7, 11) is -0.233. The molecule has 0 atom stereocenters. The minimum absolute atomic E-state index is 0.0256. The van der Waals surface area contributed by atoms with Crippen LogP contribution in [0.2, 0.25) is 0 Å². The van der Waals surface area contributed by atoms with Crippen LogP contribution in [0, 0.1) is 0 Å². The van der Waals surface area contributed by atoms with Crippen molar-refractivity contribution in [3.05, 3.63) is 72.1 Å². The molecule has 0 saturated heterocycles. The van der Waals surface area contributed by atoms with Crippen LogP contribution < -0.4 is 9.88 Å². The molecule has 0 unspecified atom stereocenters. The molecule has 0 radical (unpaired) electrons. The van der Waals surface area contributed by atoms with Crippen molar-refractivity contribution in [1.29, 1.82) is 0 Å². The molecule has 0 fully saturated rings. The molecule has 0 aromatic heterocycles. The average molecular weight is 346 g/mol. The van der Waals surface area contributed by atoms with Gasteiger partial charge in [0.2, 0.25) is 15.8 Å². The molecule has 126 valence electrons. The fourth-order valence-corrected chi connectivity index (χ4v) is 2.44. The summed E-state index contributed by atoms with van der Waals surface area (Å²) in [5.41, 5.74) is 0.492. The zero-order chi connectivity index (χ0) is 17.7. The van der Waals surface area contributed by atoms with Gasteiger partial charge in [0.1, 0.15) is 5.75 Å². The Morgan fingerprint density at radius 2 is 1.62 bits per heavy atom. The Bertz CT molecular complexity index is 842. The Hall–Kier alpha value is -2.64. The van der Waals surface area contributed by atoms with Crippen molar-refractivity contribution in [3.63, 3.8) is 0 Å². The van der Waals surface area contributed by atoms with Gasteiger partial charge >= 0.3 is 0 Å². The van der Waals surface area contributed by atoms with E-state index < -0.39 is 10.0 Å². The van der Waals surface area contributed by atoms with Gasteiger partial charge in [-0.3, -0.25) is 4.79 Å². The van der Waals surface area contributed by atoms with Gasteiger partial charge in [-0.25, -0.2) is 13.6 Å². The van der Waals surface area contributed by atoms with E-state index in [1.54, 1.807) is 49.5 Å². The van der Waals surface area contributed by atoms with E-state index in [2.05, 4.69) is 0 Å². The molecule has 24 heavy (non-hydrogen) atoms. The zero-order valence-corrected chi connectivity index (χ0v) is 14.2. The second-order valence-corrected chi connectivity index (χ2v) is 6.83. The Morgan fingerprint density at radius 3 is 2.12 bits per heavy atom. The third kappa shape index (κ3) is 4.68. The van der Waals surface area contributed by atoms with Crippen LogP contribution >= 0.6 is 0 Å². The van der Waals surface area contributed by atoms with Crippen LogP contribution in [0.15, 0.2) is 71.5 Å². The second kappa shape index (κ2) is 7.29. The third-order valence-electron chi connectivity index (χ3n) is 3.02. The van der Waals surface area contributed by atoms with E-state index in [1.165, 1.54) is 24.3 Å². The van der Waals surface area contributed by atoms with Crippen molar-refractivity contribution >= 4 is 15.8 Å². The van der Waals surface area contributed by atoms with E-state index in [1.807, 2.05) is 6.07 Å². The fraction of sp³-hybridized carbons (Fsp3) is 0.118. The van der Waals surface area contributed by atoms with Crippen LogP contribution in [0.25, 0.3) is 0 Å². The number of hydrogen-bond donors (Lipinski definition) is 1. The molecule has 0 saturated carbocycles. The fourth-order valence-electron chi connectivity index (χ4n) is 1.92. The quantitative estimate of drug-likeness (QED) is 0.491. The van der Waals surface area contributed by atoms with Gasteiger partial charge in [-0.1, -0.05) is 30.3 Å². The molecule has 0 amide bonds. The highest BCUT2D eigenvalue weighted by Gasteiger charge is 2.16. The van der Waals surface area contributed by atoms with Gasteiger partial charge in [0.05, 0.1) is 4.90 Å². The molecule has 2 N–H and O–H groups in total. The lowest BCUT2D eigenvalue weighted by Gasteiger charge is -2.13. The average Bonchev–Trinajstić information content (AvgIpc) is 2.53. The molecule has 2 aromatic carbocycles. The number of ether oxygens (including phenoxy) is 1. The smallest absolute Gasteiger partial charge is 0.238 e. The van der Waals surface area contributed by atoms with Gasteiger partial charge in [-0.15, -0.1) is 0 Å². The number of nitrogens with zero attached hydrogens (tertiary/aromatic N) is 1. The lowest BCUT2D eigenvalue weighted by atomic mass is 10.1. The maximum Gasteiger partial charge on any atom is 0.238 e. The number of hydrogen-bond acceptors (Lipinski definition) is 5. The summed E-state index contributed by atoms with van der Waals surface area (Å²) in [5, 5.41) is 5.06. The molecule has 0 bridgehead atoms. The molecule has 0 spiro atoms. The number of allylic oxidation sites excluding steroid dienone is 1. The molecule has 0 heterocycles. The molecule has 2 aromatic rings. The Balaban J connectivity index is 2.29. The number of rotatable bonds is 6. The molecule has 0 aliphatic heterocycles. The first kappa shape index (κ1) is 17.7. The lowest BCUT2D eigenvalue weighted by molar-refractivity contribution is 0.0982. The maximum atomic E-state index is 12.6. The summed E-state index contributed by atoms with van der Waals surface area (Å²) in [6.07, 6.45) is 1.56. The van der Waals surface area contributed by atoms with Crippen LogP contribution in [0.3, 0.4) is 0 Å². The van der Waals surface area contributed by atoms with Crippen molar-refractivity contribution < 1.29 is 17.9 Å². The second-order valence-electron chi connectivity index (χ2n) is 5.27. The predicted molar refractivity (Wildman–Crippen MR) is 91.0 cm³/mol. The number of primary sulfonamides is 1. The summed E-state index contributed by atoms with van der Waals surface area (Å²) in [6, 6.07) is 14.3. The van der Waals surface area contributed by atoms with Crippen molar-refractivity contribution in [2.24, 2.45) is 5.14 Å². The van der Waals surface area contributed by atoms with Crippen LogP contribution in [-0.4, -0.2) is 33.2 Å². The molecule has 2 rings (SSSR count). The number of benzene rings is 2. The van der Waals surface area contributed by atoms with E-state index in [4.69, 9.17) is 9.88 Å². The Labute approximate surface area is 141 Å². The molecule has 0 aliphatic rings. The maximum absolute atomic E-state index is 12.6. The summed E-state index contributed by atoms with van der Waals surface area (Å²) >= 11 is 0. The Morgan fingerprint density at radius 1 is 1.04 bits per heavy atom. The monoisotopic (exact) mass is 346 g/mol. The number of carbonyl (C=O) groups excluding carboxylic acids is 1. The third-order valence-corrected chi connectivity index (χ3v) is 3.94. The molecule has 7 heteroatoms. The Kier molecular flexibility index (Phi) is 5.38. The predicted octanol–water partition coefficient (Wildman–Crippen LogP) is 2.00. The van der Waals surface area contributed by atoms with E-state index in [0.29, 0.717) is 11.3 Å². The molecule has 6 nitrogen and oxygen atoms in total. The lowest BCUT2D eigenvalue weighted by Crippen LogP contribution is -2.15. The highest BCUT2D eigenvalue weighted by molar-refractivity contribution is 7.89. The highest BCUT2D eigenvalue weighted by Crippen LogP contribution is 2.19. The first-order valence-corrected chi connectivity index (χ1v) is 8.61. The van der Waals surface area contributed by atoms with Gasteiger partial charge in [0, 0.05) is 25.9 Å². The van der Waals surface area contributed by atoms with Gasteiger partial charge in [0.25, 0.3) is 0 Å². The first-order chi connectivity index (χ1) is 11.3. The van der Waals surface area contributed by atoms with Gasteiger partial charge in [-0.2, -0.15) is 0 Å². The van der Waals surface area contributed by atoms with Gasteiger partial charge in [0.15, 0.2) is 5.76 Å². The number of Topliss-reactive ketones (excluding diaryl/α,β-unsaturated/α-hetero) is 1. The molecular formula is C17H18N2O4S. The van der Waals surface area contributed by atoms with E-state index in [9.17, 15) is 13.2 Å². The summed E-state index contributed by atoms with van der Waals surface area (Å²) in [6.45, 7) is 0. The van der Waals surface area contributed by atoms with Gasteiger partial charge < -0.3 is 9.64 Å². The zero-order valence-electron chi connectivity index (χ0n) is 13.3. The number of nitrogens with two attached hydrogens (primary N) is 1. The highest BCUT2D eigenvalue weighted by atomic mass is 32.2. The van der Waals surface area contributed by atoms with Crippen LogP contribution in [0.4, 0.5) is 0 Å². The van der Waals surface area contributed by atoms with Crippen molar-refractivity contribution in [1.82, 2.24) is 4.90 Å². The minimum Gasteiger partial charge on any atom is -0.452 e. The number of carbonyl (C=O) groups is 1. The first-order valence-electron chi connectivity index (χ1n) is 7.06. The normalized spacial score (nSPS) is 11.9. The molecular weight excluding hydrogens is 328 g/mol. The standard InChI is InChI=1S/C17H18N2O4S/c1-19(2)12-16(17(20)13-6-4-3-5-7-13)23-14-8-10-15(11-9-14)24(18,21)22/h3-12H,1-2H3,(H2,18,21,22)/b16-12+. The molecule has 0 aliphatic carbocycles. The van der Waals surface area contributed by atoms with E-state index >= 15 is 0 Å². The van der Waals surface area contributed by atoms with Gasteiger partial charge in [-0.05, 0) is 24.3 Å². The van der Waals surface area contributed by atoms with Crippen LogP contribution in [-0.2, 0) is 10.0 Å². The van der Waals surface area contributed by atoms with E-state index in [0.717, 1.165) is 0 Å². The minimum atomic E-state index is -3.77. The SMILES string of the molecule is CN(C)/C=C(/Oc1ccc(S(N)(=O)=O)cc1)C(=O)c1ccccc1. The number of sulfonamides is 1. The largest absolute Gasteiger partial charge is 0.452 e. The van der Waals surface area contributed by atoms with Crippen LogP contribution in [0.5, 0.6) is 5.75 Å². The summed E-state index contributed by atoms with van der Waals surface area (Å²) in [4.78, 5) is 14.2. The van der Waals surface area contributed by atoms with Crippen LogP contribution in [0.1, 0.15) is 10.4 Å². The summed E-state index contributed by atoms with van der Waals surface area (Å²) < 4.78 is 28.2. The van der Waals surface area contributed by atoms with Crippen molar-refractivity contribution in [2.45, 2.75) is 4.90 Å². The topological polar surface area (TPSA) is 89.7 Å².